The highest BCUT2D eigenvalue weighted by molar-refractivity contribution is 6.33. The maximum Gasteiger partial charge on any atom is 0.195 e. The highest BCUT2D eigenvalue weighted by Crippen LogP contribution is 2.42. The van der Waals surface area contributed by atoms with Crippen LogP contribution in [0.15, 0.2) is 72.8 Å². The van der Waals surface area contributed by atoms with E-state index in [0.29, 0.717) is 55.6 Å². The minimum Gasteiger partial charge on any atom is -0.289 e. The molecule has 2 aliphatic rings. The first-order valence-corrected chi connectivity index (χ1v) is 11.0. The summed E-state index contributed by atoms with van der Waals surface area (Å²) in [6.07, 6.45) is 0. The van der Waals surface area contributed by atoms with E-state index in [0.717, 1.165) is 11.1 Å². The summed E-state index contributed by atoms with van der Waals surface area (Å²) in [5.41, 5.74) is 5.27. The fourth-order valence-corrected chi connectivity index (χ4v) is 5.23. The van der Waals surface area contributed by atoms with Gasteiger partial charge in [-0.15, -0.1) is 0 Å². The van der Waals surface area contributed by atoms with Crippen molar-refractivity contribution in [2.45, 2.75) is 13.8 Å². The van der Waals surface area contributed by atoms with Crippen molar-refractivity contribution in [1.82, 2.24) is 0 Å². The molecule has 0 fully saturated rings. The number of carbonyl (C=O) groups excluding carboxylic acids is 4. The van der Waals surface area contributed by atoms with Crippen LogP contribution in [0.5, 0.6) is 0 Å². The van der Waals surface area contributed by atoms with Gasteiger partial charge in [0.1, 0.15) is 0 Å². The van der Waals surface area contributed by atoms with E-state index in [-0.39, 0.29) is 23.1 Å². The molecule has 0 N–H and O–H groups in total. The molecule has 0 aromatic heterocycles. The Hall–Kier alpha value is -4.44. The summed E-state index contributed by atoms with van der Waals surface area (Å²) < 4.78 is 0. The summed E-state index contributed by atoms with van der Waals surface area (Å²) in [4.78, 5) is 54.1. The van der Waals surface area contributed by atoms with Crippen LogP contribution in [0.4, 0.5) is 0 Å². The molecule has 0 saturated heterocycles. The second kappa shape index (κ2) is 7.03. The second-order valence-corrected chi connectivity index (χ2v) is 8.77. The van der Waals surface area contributed by atoms with E-state index in [1.54, 1.807) is 72.8 Å². The lowest BCUT2D eigenvalue weighted by Gasteiger charge is -2.26. The average Bonchev–Trinajstić information content (AvgIpc) is 2.86. The van der Waals surface area contributed by atoms with Crippen LogP contribution < -0.4 is 0 Å². The number of hydrogen-bond acceptors (Lipinski definition) is 4. The Balaban J connectivity index is 1.71. The summed E-state index contributed by atoms with van der Waals surface area (Å²) in [6.45, 7) is 3.71. The monoisotopic (exact) mass is 442 g/mol. The molecule has 0 aliphatic heterocycles. The molecule has 4 aromatic carbocycles. The number of ketones is 4. The zero-order valence-electron chi connectivity index (χ0n) is 18.6. The van der Waals surface area contributed by atoms with Gasteiger partial charge in [0.2, 0.25) is 0 Å². The third kappa shape index (κ3) is 2.54. The van der Waals surface area contributed by atoms with Crippen molar-refractivity contribution in [3.8, 4) is 11.1 Å². The molecule has 0 amide bonds. The largest absolute Gasteiger partial charge is 0.289 e. The van der Waals surface area contributed by atoms with Crippen molar-refractivity contribution in [1.29, 1.82) is 0 Å². The van der Waals surface area contributed by atoms with Crippen molar-refractivity contribution in [3.63, 3.8) is 0 Å². The molecule has 0 unspecified atom stereocenters. The summed E-state index contributed by atoms with van der Waals surface area (Å²) in [6, 6.07) is 20.5. The average molecular weight is 442 g/mol. The zero-order chi connectivity index (χ0) is 23.7. The molecule has 2 aliphatic carbocycles. The van der Waals surface area contributed by atoms with Gasteiger partial charge >= 0.3 is 0 Å². The maximum atomic E-state index is 13.7. The van der Waals surface area contributed by atoms with Crippen molar-refractivity contribution < 1.29 is 19.2 Å². The van der Waals surface area contributed by atoms with Gasteiger partial charge < -0.3 is 0 Å². The summed E-state index contributed by atoms with van der Waals surface area (Å²) in [5.74, 6) is -0.949. The summed E-state index contributed by atoms with van der Waals surface area (Å²) in [5, 5.41) is 0. The van der Waals surface area contributed by atoms with Crippen LogP contribution in [0.25, 0.3) is 11.1 Å². The van der Waals surface area contributed by atoms with E-state index in [1.807, 2.05) is 13.8 Å². The lowest BCUT2D eigenvalue weighted by molar-refractivity contribution is 0.0978. The Morgan fingerprint density at radius 1 is 0.353 bits per heavy atom. The number of benzene rings is 4. The topological polar surface area (TPSA) is 68.3 Å². The second-order valence-electron chi connectivity index (χ2n) is 8.77. The van der Waals surface area contributed by atoms with E-state index in [2.05, 4.69) is 0 Å². The molecule has 4 nitrogen and oxygen atoms in total. The van der Waals surface area contributed by atoms with Crippen LogP contribution in [0.1, 0.15) is 74.8 Å². The van der Waals surface area contributed by atoms with Gasteiger partial charge in [0.25, 0.3) is 0 Å². The normalized spacial score (nSPS) is 13.8. The lowest BCUT2D eigenvalue weighted by Crippen LogP contribution is -2.25. The molecule has 0 bridgehead atoms. The SMILES string of the molecule is Cc1ccc2c(c1-c1c(C)ccc3c1C(=O)c1ccccc1C3=O)C(=O)c1ccccc1C2=O. The molecule has 6 rings (SSSR count). The fraction of sp³-hybridized carbons (Fsp3) is 0.0667. The molecule has 34 heavy (non-hydrogen) atoms. The molecule has 4 aromatic rings. The van der Waals surface area contributed by atoms with Gasteiger partial charge in [-0.1, -0.05) is 60.7 Å². The predicted molar refractivity (Wildman–Crippen MR) is 128 cm³/mol. The van der Waals surface area contributed by atoms with Crippen molar-refractivity contribution in [3.05, 3.63) is 128 Å². The first-order chi connectivity index (χ1) is 16.4. The van der Waals surface area contributed by atoms with Gasteiger partial charge in [-0.05, 0) is 48.2 Å². The first kappa shape index (κ1) is 20.2. The molecular formula is C30H18O4. The van der Waals surface area contributed by atoms with Gasteiger partial charge in [0.05, 0.1) is 0 Å². The Morgan fingerprint density at radius 3 is 1.03 bits per heavy atom. The Morgan fingerprint density at radius 2 is 0.676 bits per heavy atom. The highest BCUT2D eigenvalue weighted by atomic mass is 16.1. The predicted octanol–water partition coefficient (Wildman–Crippen LogP) is 5.52. The van der Waals surface area contributed by atoms with Crippen LogP contribution in [0, 0.1) is 13.8 Å². The quantitative estimate of drug-likeness (QED) is 0.336. The van der Waals surface area contributed by atoms with Crippen molar-refractivity contribution in [2.75, 3.05) is 0 Å². The molecule has 4 heteroatoms. The molecule has 0 spiro atoms. The molecule has 0 heterocycles. The third-order valence-corrected chi connectivity index (χ3v) is 6.85. The van der Waals surface area contributed by atoms with Crippen molar-refractivity contribution in [2.24, 2.45) is 0 Å². The van der Waals surface area contributed by atoms with E-state index in [4.69, 9.17) is 0 Å². The molecule has 0 atom stereocenters. The van der Waals surface area contributed by atoms with Gasteiger partial charge in [-0.2, -0.15) is 0 Å². The summed E-state index contributed by atoms with van der Waals surface area (Å²) >= 11 is 0. The zero-order valence-corrected chi connectivity index (χ0v) is 18.6. The minimum atomic E-state index is -0.254. The Kier molecular flexibility index (Phi) is 4.17. The van der Waals surface area contributed by atoms with Gasteiger partial charge in [0, 0.05) is 44.5 Å². The number of rotatable bonds is 1. The fourth-order valence-electron chi connectivity index (χ4n) is 5.23. The van der Waals surface area contributed by atoms with Crippen LogP contribution in [0.3, 0.4) is 0 Å². The number of aryl methyl sites for hydroxylation is 2. The maximum absolute atomic E-state index is 13.7. The van der Waals surface area contributed by atoms with Gasteiger partial charge in [-0.25, -0.2) is 0 Å². The van der Waals surface area contributed by atoms with Gasteiger partial charge in [-0.3, -0.25) is 19.2 Å². The lowest BCUT2D eigenvalue weighted by atomic mass is 9.74. The number of carbonyl (C=O) groups is 4. The summed E-state index contributed by atoms with van der Waals surface area (Å²) in [7, 11) is 0. The molecular weight excluding hydrogens is 424 g/mol. The minimum absolute atomic E-state index is 0.221. The Labute approximate surface area is 195 Å². The van der Waals surface area contributed by atoms with E-state index < -0.39 is 0 Å². The van der Waals surface area contributed by atoms with Gasteiger partial charge in [0.15, 0.2) is 23.1 Å². The van der Waals surface area contributed by atoms with E-state index in [1.165, 1.54) is 0 Å². The first-order valence-electron chi connectivity index (χ1n) is 11.0. The number of hydrogen-bond donors (Lipinski definition) is 0. The highest BCUT2D eigenvalue weighted by Gasteiger charge is 2.37. The van der Waals surface area contributed by atoms with Crippen LogP contribution in [-0.4, -0.2) is 23.1 Å². The number of fused-ring (bicyclic) bond motifs is 4. The standard InChI is InChI=1S/C30H18O4/c1-15-11-13-21-25(29(33)19-9-5-3-7-17(19)27(21)31)23(15)24-16(2)12-14-22-26(24)30(34)20-10-6-4-8-18(20)28(22)32/h3-14H,1-2H3. The van der Waals surface area contributed by atoms with E-state index in [9.17, 15) is 19.2 Å². The Bertz CT molecular complexity index is 1520. The molecule has 0 radical (unpaired) electrons. The van der Waals surface area contributed by atoms with Crippen LogP contribution in [-0.2, 0) is 0 Å². The third-order valence-electron chi connectivity index (χ3n) is 6.85. The molecule has 0 saturated carbocycles. The van der Waals surface area contributed by atoms with Crippen molar-refractivity contribution >= 4 is 23.1 Å². The van der Waals surface area contributed by atoms with E-state index >= 15 is 0 Å². The smallest absolute Gasteiger partial charge is 0.195 e. The van der Waals surface area contributed by atoms with Crippen LogP contribution >= 0.6 is 0 Å². The van der Waals surface area contributed by atoms with Crippen LogP contribution in [0.2, 0.25) is 0 Å². The molecule has 162 valence electrons.